The first kappa shape index (κ1) is 18.9. The molecule has 1 nitrogen and oxygen atoms in total. The molecule has 0 radical (unpaired) electrons. The Bertz CT molecular complexity index is 388. The summed E-state index contributed by atoms with van der Waals surface area (Å²) in [5.74, 6) is -13.9. The molecule has 12 heteroatoms. The maximum atomic E-state index is 13.1. The van der Waals surface area contributed by atoms with Gasteiger partial charge in [-0.2, -0.15) is 48.3 Å². The minimum absolute atomic E-state index is 0.241. The van der Waals surface area contributed by atoms with Crippen LogP contribution < -0.4 is 0 Å². The van der Waals surface area contributed by atoms with E-state index in [0.29, 0.717) is 0 Å². The summed E-state index contributed by atoms with van der Waals surface area (Å²) in [5.41, 5.74) is -3.91. The minimum Gasteiger partial charge on any atom is -0.246 e. The molecule has 120 valence electrons. The van der Waals surface area contributed by atoms with Crippen LogP contribution in [0, 0.1) is 0 Å². The molecule has 0 aliphatic rings. The van der Waals surface area contributed by atoms with E-state index in [1.807, 2.05) is 0 Å². The highest BCUT2D eigenvalue weighted by molar-refractivity contribution is 5.26. The Morgan fingerprint density at radius 1 is 0.750 bits per heavy atom. The SMILES string of the molecule is CN(C)C(F)(F)C(=C(F)F)C(F)(F)C(F)(F)C(F)(F)F. The number of alkyl halides is 9. The third-order valence-electron chi connectivity index (χ3n) is 2.12. The fraction of sp³-hybridized carbons (Fsp3) is 0.750. The molecule has 0 aliphatic carbocycles. The van der Waals surface area contributed by atoms with E-state index in [-0.39, 0.29) is 14.1 Å². The molecule has 0 aromatic rings. The van der Waals surface area contributed by atoms with Gasteiger partial charge in [-0.3, -0.25) is 0 Å². The molecule has 0 unspecified atom stereocenters. The lowest BCUT2D eigenvalue weighted by Gasteiger charge is -2.34. The first-order chi connectivity index (χ1) is 8.51. The summed E-state index contributed by atoms with van der Waals surface area (Å²) in [6.45, 7) is 0. The van der Waals surface area contributed by atoms with Gasteiger partial charge in [0.25, 0.3) is 6.08 Å². The zero-order chi connectivity index (χ0) is 16.7. The Morgan fingerprint density at radius 2 is 1.10 bits per heavy atom. The van der Waals surface area contributed by atoms with E-state index in [2.05, 4.69) is 0 Å². The monoisotopic (exact) mass is 325 g/mol. The van der Waals surface area contributed by atoms with Crippen LogP contribution in [0.3, 0.4) is 0 Å². The van der Waals surface area contributed by atoms with Crippen molar-refractivity contribution in [3.63, 3.8) is 0 Å². The summed E-state index contributed by atoms with van der Waals surface area (Å²) >= 11 is 0. The second-order valence-corrected chi connectivity index (χ2v) is 3.72. The third-order valence-corrected chi connectivity index (χ3v) is 2.12. The van der Waals surface area contributed by atoms with E-state index in [1.54, 1.807) is 0 Å². The van der Waals surface area contributed by atoms with Crippen molar-refractivity contribution >= 4 is 0 Å². The number of likely N-dealkylation sites (N-methyl/N-ethyl adjacent to an activating group) is 1. The molecule has 0 aromatic carbocycles. The zero-order valence-electron chi connectivity index (χ0n) is 9.60. The van der Waals surface area contributed by atoms with Crippen LogP contribution in [0.25, 0.3) is 0 Å². The maximum absolute atomic E-state index is 13.1. The van der Waals surface area contributed by atoms with Gasteiger partial charge in [-0.05, 0) is 14.1 Å². The van der Waals surface area contributed by atoms with Crippen LogP contribution in [0.15, 0.2) is 11.7 Å². The summed E-state index contributed by atoms with van der Waals surface area (Å²) in [6.07, 6.45) is -11.0. The number of rotatable bonds is 4. The van der Waals surface area contributed by atoms with E-state index in [9.17, 15) is 48.3 Å². The fourth-order valence-corrected chi connectivity index (χ4v) is 0.980. The molecule has 0 atom stereocenters. The van der Waals surface area contributed by atoms with Crippen molar-refractivity contribution < 1.29 is 48.3 Å². The highest BCUT2D eigenvalue weighted by atomic mass is 19.4. The second-order valence-electron chi connectivity index (χ2n) is 3.72. The Morgan fingerprint density at radius 3 is 1.30 bits per heavy atom. The van der Waals surface area contributed by atoms with Crippen LogP contribution in [-0.2, 0) is 0 Å². The van der Waals surface area contributed by atoms with Crippen molar-refractivity contribution in [2.75, 3.05) is 14.1 Å². The van der Waals surface area contributed by atoms with E-state index in [0.717, 1.165) is 0 Å². The Labute approximate surface area is 104 Å². The summed E-state index contributed by atoms with van der Waals surface area (Å²) in [6, 6.07) is -5.42. The summed E-state index contributed by atoms with van der Waals surface area (Å²) in [7, 11) is 0.482. The van der Waals surface area contributed by atoms with Crippen molar-refractivity contribution in [2.24, 2.45) is 0 Å². The van der Waals surface area contributed by atoms with Crippen LogP contribution in [0.1, 0.15) is 0 Å². The average Bonchev–Trinajstić information content (AvgIpc) is 2.12. The van der Waals surface area contributed by atoms with Gasteiger partial charge in [-0.15, -0.1) is 0 Å². The standard InChI is InChI=1S/C8H6F11N/c1-20(2)6(13,14)3(4(9)10)5(11,12)7(15,16)8(17,18)19/h1-2H3. The van der Waals surface area contributed by atoms with Crippen molar-refractivity contribution in [2.45, 2.75) is 24.1 Å². The van der Waals surface area contributed by atoms with Crippen LogP contribution >= 0.6 is 0 Å². The zero-order valence-corrected chi connectivity index (χ0v) is 9.60. The molecular weight excluding hydrogens is 319 g/mol. The predicted molar refractivity (Wildman–Crippen MR) is 43.8 cm³/mol. The van der Waals surface area contributed by atoms with Gasteiger partial charge in [-0.1, -0.05) is 0 Å². The molecule has 0 aliphatic heterocycles. The topological polar surface area (TPSA) is 3.24 Å². The molecular formula is C8H6F11N. The summed E-state index contributed by atoms with van der Waals surface area (Å²) in [5, 5.41) is 0. The predicted octanol–water partition coefficient (Wildman–Crippen LogP) is 4.12. The number of nitrogens with zero attached hydrogens (tertiary/aromatic N) is 1. The average molecular weight is 325 g/mol. The Hall–Kier alpha value is -1.07. The van der Waals surface area contributed by atoms with E-state index < -0.39 is 40.6 Å². The van der Waals surface area contributed by atoms with Gasteiger partial charge in [-0.25, -0.2) is 4.90 Å². The largest absolute Gasteiger partial charge is 0.460 e. The molecule has 0 aromatic heterocycles. The molecule has 0 saturated heterocycles. The molecule has 20 heavy (non-hydrogen) atoms. The van der Waals surface area contributed by atoms with Gasteiger partial charge in [0.05, 0.1) is 0 Å². The number of halogens is 11. The lowest BCUT2D eigenvalue weighted by atomic mass is 10.00. The smallest absolute Gasteiger partial charge is 0.246 e. The molecule has 0 fully saturated rings. The van der Waals surface area contributed by atoms with Crippen LogP contribution in [0.5, 0.6) is 0 Å². The van der Waals surface area contributed by atoms with E-state index >= 15 is 0 Å². The van der Waals surface area contributed by atoms with Crippen molar-refractivity contribution in [1.29, 1.82) is 0 Å². The highest BCUT2D eigenvalue weighted by Gasteiger charge is 2.78. The van der Waals surface area contributed by atoms with Crippen LogP contribution in [0.4, 0.5) is 48.3 Å². The fourth-order valence-electron chi connectivity index (χ4n) is 0.980. The van der Waals surface area contributed by atoms with Gasteiger partial charge in [0.1, 0.15) is 0 Å². The van der Waals surface area contributed by atoms with Gasteiger partial charge in [0.2, 0.25) is 0 Å². The molecule has 0 saturated carbocycles. The van der Waals surface area contributed by atoms with Crippen LogP contribution in [0.2, 0.25) is 0 Å². The van der Waals surface area contributed by atoms with Crippen LogP contribution in [-0.4, -0.2) is 43.1 Å². The second kappa shape index (κ2) is 5.04. The van der Waals surface area contributed by atoms with Crippen molar-refractivity contribution in [1.82, 2.24) is 4.90 Å². The quantitative estimate of drug-likeness (QED) is 0.555. The van der Waals surface area contributed by atoms with Gasteiger partial charge in [0.15, 0.2) is 5.57 Å². The molecule has 0 spiro atoms. The van der Waals surface area contributed by atoms with Crippen molar-refractivity contribution in [3.8, 4) is 0 Å². The minimum atomic E-state index is -7.10. The van der Waals surface area contributed by atoms with Gasteiger partial charge < -0.3 is 0 Å². The normalized spacial score (nSPS) is 14.7. The van der Waals surface area contributed by atoms with Crippen molar-refractivity contribution in [3.05, 3.63) is 11.7 Å². The summed E-state index contributed by atoms with van der Waals surface area (Å²) in [4.78, 5) is -0.651. The first-order valence-electron chi connectivity index (χ1n) is 4.45. The summed E-state index contributed by atoms with van der Waals surface area (Å²) < 4.78 is 137. The molecule has 0 rings (SSSR count). The molecule has 0 heterocycles. The van der Waals surface area contributed by atoms with Gasteiger partial charge in [0, 0.05) is 0 Å². The highest BCUT2D eigenvalue weighted by Crippen LogP contribution is 2.54. The first-order valence-corrected chi connectivity index (χ1v) is 4.45. The Balaban J connectivity index is 6.21. The molecule has 0 N–H and O–H groups in total. The number of hydrogen-bond acceptors (Lipinski definition) is 1. The molecule has 0 amide bonds. The van der Waals surface area contributed by atoms with E-state index in [1.165, 1.54) is 0 Å². The molecule has 0 bridgehead atoms. The maximum Gasteiger partial charge on any atom is 0.460 e. The van der Waals surface area contributed by atoms with E-state index in [4.69, 9.17) is 0 Å². The van der Waals surface area contributed by atoms with Gasteiger partial charge >= 0.3 is 24.1 Å². The lowest BCUT2D eigenvalue weighted by molar-refractivity contribution is -0.351. The lowest BCUT2D eigenvalue weighted by Crippen LogP contribution is -2.57. The number of hydrogen-bond donors (Lipinski definition) is 0. The Kier molecular flexibility index (Phi) is 4.77. The third kappa shape index (κ3) is 2.83.